The van der Waals surface area contributed by atoms with Crippen molar-refractivity contribution in [2.45, 2.75) is 52.9 Å². The van der Waals surface area contributed by atoms with Gasteiger partial charge in [-0.1, -0.05) is 20.8 Å². The molecule has 16 heavy (non-hydrogen) atoms. The van der Waals surface area contributed by atoms with Gasteiger partial charge in [0, 0.05) is 6.42 Å². The lowest BCUT2D eigenvalue weighted by atomic mass is 9.40. The highest BCUT2D eigenvalue weighted by Crippen LogP contribution is 2.67. The van der Waals surface area contributed by atoms with E-state index in [4.69, 9.17) is 4.74 Å². The van der Waals surface area contributed by atoms with E-state index in [-0.39, 0.29) is 5.97 Å². The molecule has 2 heteroatoms. The van der Waals surface area contributed by atoms with Gasteiger partial charge in [0.05, 0.1) is 7.11 Å². The summed E-state index contributed by atoms with van der Waals surface area (Å²) in [7, 11) is 1.48. The molecule has 3 aliphatic carbocycles. The lowest BCUT2D eigenvalue weighted by Crippen LogP contribution is -2.56. The zero-order chi connectivity index (χ0) is 12.0. The van der Waals surface area contributed by atoms with Crippen molar-refractivity contribution in [1.82, 2.24) is 0 Å². The molecule has 0 aromatic carbocycles. The number of ether oxygens (including phenoxy) is 1. The van der Waals surface area contributed by atoms with Gasteiger partial charge < -0.3 is 4.74 Å². The second-order valence-electron chi connectivity index (χ2n) is 6.58. The number of fused-ring (bicyclic) bond motifs is 2. The number of methoxy groups -OCH3 is 1. The fraction of sp³-hybridized carbons (Fsp3) is 0.929. The topological polar surface area (TPSA) is 26.3 Å². The fourth-order valence-corrected chi connectivity index (χ4v) is 4.16. The second-order valence-corrected chi connectivity index (χ2v) is 6.58. The molecule has 0 radical (unpaired) electrons. The van der Waals surface area contributed by atoms with Gasteiger partial charge in [0.1, 0.15) is 0 Å². The molecule has 3 rings (SSSR count). The number of hydrogen-bond donors (Lipinski definition) is 0. The van der Waals surface area contributed by atoms with Crippen LogP contribution in [0.3, 0.4) is 0 Å². The van der Waals surface area contributed by atoms with Crippen molar-refractivity contribution in [1.29, 1.82) is 0 Å². The SMILES string of the molecule is COC(=O)CCC1(C)CCC2CC1C2(C)C. The second kappa shape index (κ2) is 3.75. The maximum absolute atomic E-state index is 11.3. The third kappa shape index (κ3) is 1.66. The molecule has 3 aliphatic rings. The Morgan fingerprint density at radius 2 is 2.06 bits per heavy atom. The first-order chi connectivity index (χ1) is 7.40. The van der Waals surface area contributed by atoms with Gasteiger partial charge in [-0.15, -0.1) is 0 Å². The normalized spacial score (nSPS) is 40.0. The monoisotopic (exact) mass is 224 g/mol. The van der Waals surface area contributed by atoms with E-state index in [1.165, 1.54) is 26.4 Å². The van der Waals surface area contributed by atoms with Gasteiger partial charge in [-0.25, -0.2) is 0 Å². The Kier molecular flexibility index (Phi) is 2.80. The van der Waals surface area contributed by atoms with Crippen LogP contribution in [0.5, 0.6) is 0 Å². The van der Waals surface area contributed by atoms with Crippen molar-refractivity contribution in [3.05, 3.63) is 0 Å². The van der Waals surface area contributed by atoms with E-state index in [1.54, 1.807) is 0 Å². The largest absolute Gasteiger partial charge is 0.469 e. The van der Waals surface area contributed by atoms with E-state index in [2.05, 4.69) is 20.8 Å². The molecule has 0 aromatic rings. The predicted molar refractivity (Wildman–Crippen MR) is 64.0 cm³/mol. The Hall–Kier alpha value is -0.530. The van der Waals surface area contributed by atoms with Crippen LogP contribution >= 0.6 is 0 Å². The lowest BCUT2D eigenvalue weighted by Gasteiger charge is -2.64. The number of rotatable bonds is 3. The first kappa shape index (κ1) is 11.9. The molecule has 0 aromatic heterocycles. The van der Waals surface area contributed by atoms with Crippen molar-refractivity contribution in [2.75, 3.05) is 7.11 Å². The van der Waals surface area contributed by atoms with Crippen molar-refractivity contribution in [3.8, 4) is 0 Å². The third-order valence-corrected chi connectivity index (χ3v) is 5.50. The summed E-state index contributed by atoms with van der Waals surface area (Å²) in [4.78, 5) is 11.3. The average molecular weight is 224 g/mol. The van der Waals surface area contributed by atoms with Crippen LogP contribution in [0.15, 0.2) is 0 Å². The number of hydrogen-bond acceptors (Lipinski definition) is 2. The highest BCUT2D eigenvalue weighted by Gasteiger charge is 2.58. The summed E-state index contributed by atoms with van der Waals surface area (Å²) in [6.07, 6.45) is 5.61. The van der Waals surface area contributed by atoms with E-state index < -0.39 is 0 Å². The molecule has 3 fully saturated rings. The first-order valence-corrected chi connectivity index (χ1v) is 6.47. The Labute approximate surface area is 98.7 Å². The minimum atomic E-state index is -0.0551. The molecule has 2 bridgehead atoms. The Morgan fingerprint density at radius 1 is 1.38 bits per heavy atom. The maximum atomic E-state index is 11.3. The van der Waals surface area contributed by atoms with Gasteiger partial charge in [-0.3, -0.25) is 4.79 Å². The Morgan fingerprint density at radius 3 is 2.56 bits per heavy atom. The summed E-state index contributed by atoms with van der Waals surface area (Å²) in [5.74, 6) is 1.69. The standard InChI is InChI=1S/C14H24O2/c1-13(2)10-5-7-14(3,11(13)9-10)8-6-12(15)16-4/h10-11H,5-9H2,1-4H3. The molecule has 3 saturated carbocycles. The summed E-state index contributed by atoms with van der Waals surface area (Å²) in [6.45, 7) is 7.18. The smallest absolute Gasteiger partial charge is 0.305 e. The average Bonchev–Trinajstić information content (AvgIpc) is 2.25. The van der Waals surface area contributed by atoms with E-state index in [1.807, 2.05) is 0 Å². The highest BCUT2D eigenvalue weighted by molar-refractivity contribution is 5.69. The number of carbonyl (C=O) groups is 1. The van der Waals surface area contributed by atoms with Gasteiger partial charge >= 0.3 is 5.97 Å². The van der Waals surface area contributed by atoms with E-state index in [0.29, 0.717) is 17.3 Å². The van der Waals surface area contributed by atoms with Crippen LogP contribution in [-0.2, 0) is 9.53 Å². The van der Waals surface area contributed by atoms with Crippen molar-refractivity contribution in [2.24, 2.45) is 22.7 Å². The zero-order valence-corrected chi connectivity index (χ0v) is 11.0. The van der Waals surface area contributed by atoms with Gasteiger partial charge in [-0.05, 0) is 48.3 Å². The molecule has 3 atom stereocenters. The third-order valence-electron chi connectivity index (χ3n) is 5.50. The molecule has 0 N–H and O–H groups in total. The quantitative estimate of drug-likeness (QED) is 0.687. The molecule has 0 saturated heterocycles. The van der Waals surface area contributed by atoms with Crippen LogP contribution in [0.25, 0.3) is 0 Å². The summed E-state index contributed by atoms with van der Waals surface area (Å²) in [5.41, 5.74) is 0.871. The molecule has 0 heterocycles. The summed E-state index contributed by atoms with van der Waals surface area (Å²) < 4.78 is 4.75. The molecule has 0 aliphatic heterocycles. The molecular formula is C14H24O2. The summed E-state index contributed by atoms with van der Waals surface area (Å²) in [5, 5.41) is 0. The lowest BCUT2D eigenvalue weighted by molar-refractivity contribution is -0.159. The maximum Gasteiger partial charge on any atom is 0.305 e. The minimum Gasteiger partial charge on any atom is -0.469 e. The van der Waals surface area contributed by atoms with Crippen LogP contribution in [0.2, 0.25) is 0 Å². The predicted octanol–water partition coefficient (Wildman–Crippen LogP) is 3.40. The number of esters is 1. The first-order valence-electron chi connectivity index (χ1n) is 6.47. The van der Waals surface area contributed by atoms with Crippen LogP contribution in [0.4, 0.5) is 0 Å². The molecule has 92 valence electrons. The van der Waals surface area contributed by atoms with E-state index in [0.717, 1.165) is 18.3 Å². The fourth-order valence-electron chi connectivity index (χ4n) is 4.16. The van der Waals surface area contributed by atoms with Crippen LogP contribution in [0.1, 0.15) is 52.9 Å². The summed E-state index contributed by atoms with van der Waals surface area (Å²) in [6, 6.07) is 0. The Balaban J connectivity index is 1.99. The molecule has 0 amide bonds. The van der Waals surface area contributed by atoms with E-state index in [9.17, 15) is 4.79 Å². The van der Waals surface area contributed by atoms with Gasteiger partial charge in [0.15, 0.2) is 0 Å². The summed E-state index contributed by atoms with van der Waals surface area (Å²) >= 11 is 0. The van der Waals surface area contributed by atoms with E-state index >= 15 is 0 Å². The zero-order valence-electron chi connectivity index (χ0n) is 11.0. The van der Waals surface area contributed by atoms with Crippen LogP contribution in [0, 0.1) is 22.7 Å². The van der Waals surface area contributed by atoms with Crippen LogP contribution in [-0.4, -0.2) is 13.1 Å². The molecule has 3 unspecified atom stereocenters. The van der Waals surface area contributed by atoms with Crippen molar-refractivity contribution < 1.29 is 9.53 Å². The highest BCUT2D eigenvalue weighted by atomic mass is 16.5. The van der Waals surface area contributed by atoms with Crippen LogP contribution < -0.4 is 0 Å². The Bertz CT molecular complexity index is 293. The van der Waals surface area contributed by atoms with Crippen molar-refractivity contribution in [3.63, 3.8) is 0 Å². The minimum absolute atomic E-state index is 0.0551. The van der Waals surface area contributed by atoms with Gasteiger partial charge in [-0.2, -0.15) is 0 Å². The number of carbonyl (C=O) groups excluding carboxylic acids is 1. The molecule has 2 nitrogen and oxygen atoms in total. The molecule has 0 spiro atoms. The van der Waals surface area contributed by atoms with Crippen molar-refractivity contribution >= 4 is 5.97 Å². The molecular weight excluding hydrogens is 200 g/mol. The van der Waals surface area contributed by atoms with Gasteiger partial charge in [0.25, 0.3) is 0 Å². The van der Waals surface area contributed by atoms with Gasteiger partial charge in [0.2, 0.25) is 0 Å².